The van der Waals surface area contributed by atoms with Crippen LogP contribution in [-0.4, -0.2) is 31.6 Å². The second-order valence-electron chi connectivity index (χ2n) is 7.42. The van der Waals surface area contributed by atoms with Gasteiger partial charge in [-0.1, -0.05) is 39.7 Å². The number of ether oxygens (including phenoxy) is 1. The molecule has 4 rings (SSSR count). The third-order valence-corrected chi connectivity index (χ3v) is 8.49. The Balaban J connectivity index is 1.59. The predicted molar refractivity (Wildman–Crippen MR) is 146 cm³/mol. The molecule has 0 saturated carbocycles. The van der Waals surface area contributed by atoms with Crippen molar-refractivity contribution in [3.05, 3.63) is 90.7 Å². The molecule has 3 aromatic carbocycles. The van der Waals surface area contributed by atoms with Crippen LogP contribution >= 0.6 is 55.2 Å². The molecule has 3 aromatic rings. The minimum atomic E-state index is -4.17. The van der Waals surface area contributed by atoms with Crippen molar-refractivity contribution >= 4 is 82.6 Å². The van der Waals surface area contributed by atoms with Gasteiger partial charge in [0, 0.05) is 9.50 Å². The number of hydrogen-bond acceptors (Lipinski definition) is 7. The van der Waals surface area contributed by atoms with Gasteiger partial charge in [0.1, 0.15) is 4.90 Å². The van der Waals surface area contributed by atoms with Gasteiger partial charge in [-0.2, -0.15) is 8.42 Å². The number of nitrogens with zero attached hydrogens (tertiary/aromatic N) is 1. The molecule has 36 heavy (non-hydrogen) atoms. The lowest BCUT2D eigenvalue weighted by Gasteiger charge is -2.14. The van der Waals surface area contributed by atoms with Crippen LogP contribution in [0.2, 0.25) is 5.02 Å². The van der Waals surface area contributed by atoms with Crippen LogP contribution in [0.15, 0.2) is 79.4 Å². The molecule has 0 bridgehead atoms. The van der Waals surface area contributed by atoms with Gasteiger partial charge < -0.3 is 8.92 Å². The SMILES string of the molecule is COc1cc(/C=C2\SC(=O)N(Cc3ccc(Br)cc3)C2=O)cc(Br)c1OS(=O)(=O)c1ccc(Cl)cc1. The normalized spacial score (nSPS) is 15.0. The second kappa shape index (κ2) is 11.0. The summed E-state index contributed by atoms with van der Waals surface area (Å²) in [7, 11) is -2.81. The van der Waals surface area contributed by atoms with E-state index in [9.17, 15) is 18.0 Å². The first kappa shape index (κ1) is 26.7. The second-order valence-corrected chi connectivity index (χ2v) is 12.2. The Bertz CT molecular complexity index is 1480. The van der Waals surface area contributed by atoms with Crippen LogP contribution in [0.5, 0.6) is 11.5 Å². The average Bonchev–Trinajstić information content (AvgIpc) is 3.09. The van der Waals surface area contributed by atoms with Gasteiger partial charge in [0.25, 0.3) is 11.1 Å². The van der Waals surface area contributed by atoms with Crippen molar-refractivity contribution in [2.45, 2.75) is 11.4 Å². The van der Waals surface area contributed by atoms with Crippen molar-refractivity contribution in [2.24, 2.45) is 0 Å². The van der Waals surface area contributed by atoms with E-state index in [0.29, 0.717) is 10.6 Å². The number of carbonyl (C=O) groups is 2. The summed E-state index contributed by atoms with van der Waals surface area (Å²) >= 11 is 13.3. The number of carbonyl (C=O) groups excluding carboxylic acids is 2. The highest BCUT2D eigenvalue weighted by molar-refractivity contribution is 9.10. The largest absolute Gasteiger partial charge is 0.493 e. The molecule has 1 saturated heterocycles. The molecule has 7 nitrogen and oxygen atoms in total. The number of methoxy groups -OCH3 is 1. The molecule has 0 unspecified atom stereocenters. The van der Waals surface area contributed by atoms with Crippen molar-refractivity contribution in [1.82, 2.24) is 4.90 Å². The van der Waals surface area contributed by atoms with Gasteiger partial charge in [-0.25, -0.2) is 0 Å². The van der Waals surface area contributed by atoms with E-state index in [1.807, 2.05) is 24.3 Å². The quantitative estimate of drug-likeness (QED) is 0.200. The summed E-state index contributed by atoms with van der Waals surface area (Å²) in [6, 6.07) is 16.0. The molecule has 1 aliphatic rings. The highest BCUT2D eigenvalue weighted by Gasteiger charge is 2.35. The zero-order valence-electron chi connectivity index (χ0n) is 18.4. The van der Waals surface area contributed by atoms with Crippen LogP contribution < -0.4 is 8.92 Å². The first-order chi connectivity index (χ1) is 17.1. The Morgan fingerprint density at radius 2 is 1.69 bits per heavy atom. The van der Waals surface area contributed by atoms with Gasteiger partial charge in [0.05, 0.1) is 23.0 Å². The summed E-state index contributed by atoms with van der Waals surface area (Å²) in [4.78, 5) is 26.7. The van der Waals surface area contributed by atoms with Gasteiger partial charge in [0.2, 0.25) is 0 Å². The maximum Gasteiger partial charge on any atom is 0.339 e. The topological polar surface area (TPSA) is 90.0 Å². The number of thioether (sulfide) groups is 1. The van der Waals surface area contributed by atoms with Gasteiger partial charge >= 0.3 is 10.1 Å². The molecule has 2 amide bonds. The Morgan fingerprint density at radius 3 is 2.33 bits per heavy atom. The van der Waals surface area contributed by atoms with Crippen molar-refractivity contribution in [3.63, 3.8) is 0 Å². The number of rotatable bonds is 7. The molecule has 12 heteroatoms. The summed E-state index contributed by atoms with van der Waals surface area (Å²) in [5, 5.41) is 0.00697. The van der Waals surface area contributed by atoms with E-state index in [0.717, 1.165) is 21.8 Å². The summed E-state index contributed by atoms with van der Waals surface area (Å²) in [5.74, 6) is -0.371. The molecule has 186 valence electrons. The molecular formula is C24H16Br2ClNO6S2. The lowest BCUT2D eigenvalue weighted by atomic mass is 10.1. The zero-order valence-corrected chi connectivity index (χ0v) is 24.0. The van der Waals surface area contributed by atoms with E-state index in [-0.39, 0.29) is 37.6 Å². The fourth-order valence-corrected chi connectivity index (χ4v) is 6.06. The molecular weight excluding hydrogens is 658 g/mol. The van der Waals surface area contributed by atoms with Crippen LogP contribution in [0.1, 0.15) is 11.1 Å². The highest BCUT2D eigenvalue weighted by atomic mass is 79.9. The maximum absolute atomic E-state index is 12.9. The summed E-state index contributed by atoms with van der Waals surface area (Å²) in [5.41, 5.74) is 1.32. The number of amides is 2. The number of benzene rings is 3. The maximum atomic E-state index is 12.9. The van der Waals surface area contributed by atoms with E-state index < -0.39 is 16.0 Å². The van der Waals surface area contributed by atoms with Crippen LogP contribution in [0.4, 0.5) is 4.79 Å². The summed E-state index contributed by atoms with van der Waals surface area (Å²) < 4.78 is 37.3. The third-order valence-electron chi connectivity index (χ3n) is 4.97. The number of hydrogen-bond donors (Lipinski definition) is 0. The third kappa shape index (κ3) is 5.97. The Hall–Kier alpha value is -2.31. The Morgan fingerprint density at radius 1 is 1.03 bits per heavy atom. The van der Waals surface area contributed by atoms with E-state index in [2.05, 4.69) is 31.9 Å². The van der Waals surface area contributed by atoms with Crippen molar-refractivity contribution in [2.75, 3.05) is 7.11 Å². The molecule has 1 heterocycles. The molecule has 0 spiro atoms. The Kier molecular flexibility index (Phi) is 8.15. The molecule has 0 radical (unpaired) electrons. The van der Waals surface area contributed by atoms with Crippen LogP contribution in [0, 0.1) is 0 Å². The minimum absolute atomic E-state index is 0.0621. The van der Waals surface area contributed by atoms with Crippen LogP contribution in [-0.2, 0) is 21.5 Å². The molecule has 0 aromatic heterocycles. The van der Waals surface area contributed by atoms with Crippen LogP contribution in [0.25, 0.3) is 6.08 Å². The molecule has 0 atom stereocenters. The number of halogens is 3. The smallest absolute Gasteiger partial charge is 0.339 e. The lowest BCUT2D eigenvalue weighted by Crippen LogP contribution is -2.27. The molecule has 0 aliphatic carbocycles. The first-order valence-corrected chi connectivity index (χ1v) is 14.3. The average molecular weight is 674 g/mol. The molecule has 1 fully saturated rings. The van der Waals surface area contributed by atoms with E-state index in [4.69, 9.17) is 20.5 Å². The van der Waals surface area contributed by atoms with E-state index >= 15 is 0 Å². The van der Waals surface area contributed by atoms with Gasteiger partial charge in [-0.15, -0.1) is 0 Å². The monoisotopic (exact) mass is 671 g/mol. The zero-order chi connectivity index (χ0) is 26.0. The van der Waals surface area contributed by atoms with E-state index in [1.165, 1.54) is 48.4 Å². The fourth-order valence-electron chi connectivity index (χ4n) is 3.22. The number of imide groups is 1. The van der Waals surface area contributed by atoms with Crippen LogP contribution in [0.3, 0.4) is 0 Å². The lowest BCUT2D eigenvalue weighted by molar-refractivity contribution is -0.123. The van der Waals surface area contributed by atoms with Gasteiger partial charge in [-0.3, -0.25) is 14.5 Å². The summed E-state index contributed by atoms with van der Waals surface area (Å²) in [6.45, 7) is 0.150. The molecule has 1 aliphatic heterocycles. The molecule has 0 N–H and O–H groups in total. The predicted octanol–water partition coefficient (Wildman–Crippen LogP) is 6.88. The van der Waals surface area contributed by atoms with Crippen molar-refractivity contribution < 1.29 is 26.9 Å². The highest BCUT2D eigenvalue weighted by Crippen LogP contribution is 2.40. The van der Waals surface area contributed by atoms with Gasteiger partial charge in [-0.05, 0) is 93.4 Å². The fraction of sp³-hybridized carbons (Fsp3) is 0.0833. The summed E-state index contributed by atoms with van der Waals surface area (Å²) in [6.07, 6.45) is 1.54. The Labute approximate surface area is 233 Å². The van der Waals surface area contributed by atoms with Crippen molar-refractivity contribution in [1.29, 1.82) is 0 Å². The minimum Gasteiger partial charge on any atom is -0.493 e. The van der Waals surface area contributed by atoms with E-state index in [1.54, 1.807) is 6.07 Å². The van der Waals surface area contributed by atoms with Gasteiger partial charge in [0.15, 0.2) is 11.5 Å². The standard InChI is InChI=1S/C24H16Br2ClNO6S2/c1-33-20-11-15(10-19(26)22(20)34-36(31,32)18-8-6-17(27)7-9-18)12-21-23(29)28(24(30)35-21)13-14-2-4-16(25)5-3-14/h2-12H,13H2,1H3/b21-12-. The van der Waals surface area contributed by atoms with Crippen molar-refractivity contribution in [3.8, 4) is 11.5 Å². The first-order valence-electron chi connectivity index (χ1n) is 10.1.